The number of hydrogen-bond donors (Lipinski definition) is 3. The van der Waals surface area contributed by atoms with E-state index in [0.717, 1.165) is 22.4 Å². The van der Waals surface area contributed by atoms with Gasteiger partial charge in [0.15, 0.2) is 0 Å². The fraction of sp³-hybridized carbons (Fsp3) is 0.176. The van der Waals surface area contributed by atoms with Crippen molar-refractivity contribution in [1.82, 2.24) is 5.32 Å². The number of para-hydroxylation sites is 1. The first-order valence-electron chi connectivity index (χ1n) is 7.08. The number of amides is 3. The van der Waals surface area contributed by atoms with E-state index in [9.17, 15) is 9.59 Å². The first kappa shape index (κ1) is 14.1. The van der Waals surface area contributed by atoms with Crippen LogP contribution in [0, 0.1) is 6.92 Å². The molecule has 0 saturated carbocycles. The molecule has 0 bridgehead atoms. The van der Waals surface area contributed by atoms with E-state index < -0.39 is 18.0 Å². The highest BCUT2D eigenvalue weighted by Crippen LogP contribution is 2.40. The summed E-state index contributed by atoms with van der Waals surface area (Å²) in [4.78, 5) is 23.8. The van der Waals surface area contributed by atoms with Gasteiger partial charge in [0.2, 0.25) is 5.91 Å². The highest BCUT2D eigenvalue weighted by atomic mass is 16.2. The molecule has 0 aromatic heterocycles. The normalized spacial score (nSPS) is 17.5. The van der Waals surface area contributed by atoms with Crippen molar-refractivity contribution < 1.29 is 9.59 Å². The summed E-state index contributed by atoms with van der Waals surface area (Å²) >= 11 is 0. The number of carbonyl (C=O) groups excluding carboxylic acids is 2. The SMILES string of the molecule is Cc1ccc(C(NC(N)=O)C2C(=O)Nc3ccccc32)cc1. The molecule has 0 radical (unpaired) electrons. The van der Waals surface area contributed by atoms with E-state index in [-0.39, 0.29) is 5.91 Å². The number of fused-ring (bicyclic) bond motifs is 1. The van der Waals surface area contributed by atoms with Crippen LogP contribution in [-0.2, 0) is 4.79 Å². The lowest BCUT2D eigenvalue weighted by molar-refractivity contribution is -0.117. The number of nitrogens with two attached hydrogens (primary N) is 1. The summed E-state index contributed by atoms with van der Waals surface area (Å²) in [5, 5.41) is 5.56. The minimum absolute atomic E-state index is 0.138. The molecule has 1 aliphatic rings. The van der Waals surface area contributed by atoms with Crippen LogP contribution in [0.3, 0.4) is 0 Å². The Morgan fingerprint density at radius 1 is 1.18 bits per heavy atom. The lowest BCUT2D eigenvalue weighted by atomic mass is 9.87. The van der Waals surface area contributed by atoms with E-state index in [2.05, 4.69) is 10.6 Å². The smallest absolute Gasteiger partial charge is 0.312 e. The molecule has 0 fully saturated rings. The van der Waals surface area contributed by atoms with Crippen molar-refractivity contribution >= 4 is 17.6 Å². The van der Waals surface area contributed by atoms with Crippen LogP contribution in [0.2, 0.25) is 0 Å². The van der Waals surface area contributed by atoms with Crippen LogP contribution in [0.4, 0.5) is 10.5 Å². The van der Waals surface area contributed by atoms with E-state index >= 15 is 0 Å². The minimum atomic E-state index is -0.650. The topological polar surface area (TPSA) is 84.2 Å². The summed E-state index contributed by atoms with van der Waals surface area (Å²) < 4.78 is 0. The van der Waals surface area contributed by atoms with Gasteiger partial charge in [-0.05, 0) is 24.1 Å². The van der Waals surface area contributed by atoms with Gasteiger partial charge < -0.3 is 16.4 Å². The van der Waals surface area contributed by atoms with Crippen LogP contribution in [0.15, 0.2) is 48.5 Å². The maximum absolute atomic E-state index is 12.4. The van der Waals surface area contributed by atoms with Crippen LogP contribution in [0.25, 0.3) is 0 Å². The highest BCUT2D eigenvalue weighted by molar-refractivity contribution is 6.03. The molecule has 1 heterocycles. The summed E-state index contributed by atoms with van der Waals surface area (Å²) in [5.74, 6) is -0.632. The Labute approximate surface area is 128 Å². The summed E-state index contributed by atoms with van der Waals surface area (Å²) in [6.45, 7) is 1.98. The largest absolute Gasteiger partial charge is 0.352 e. The number of hydrogen-bond acceptors (Lipinski definition) is 2. The summed E-state index contributed by atoms with van der Waals surface area (Å²) in [5.41, 5.74) is 8.92. The number of anilines is 1. The molecule has 22 heavy (non-hydrogen) atoms. The number of primary amides is 1. The first-order valence-corrected chi connectivity index (χ1v) is 7.08. The van der Waals surface area contributed by atoms with Crippen molar-refractivity contribution in [2.75, 3.05) is 5.32 Å². The number of nitrogens with one attached hydrogen (secondary N) is 2. The number of carbonyl (C=O) groups is 2. The number of rotatable bonds is 3. The predicted molar refractivity (Wildman–Crippen MR) is 84.5 cm³/mol. The molecule has 5 nitrogen and oxygen atoms in total. The first-order chi connectivity index (χ1) is 10.6. The number of benzene rings is 2. The van der Waals surface area contributed by atoms with Gasteiger partial charge in [-0.1, -0.05) is 48.0 Å². The van der Waals surface area contributed by atoms with Gasteiger partial charge in [-0.25, -0.2) is 4.79 Å². The van der Waals surface area contributed by atoms with Crippen molar-refractivity contribution in [2.24, 2.45) is 5.73 Å². The Bertz CT molecular complexity index is 725. The van der Waals surface area contributed by atoms with E-state index in [0.29, 0.717) is 0 Å². The second-order valence-electron chi connectivity index (χ2n) is 5.45. The molecule has 5 heteroatoms. The van der Waals surface area contributed by atoms with Crippen molar-refractivity contribution in [1.29, 1.82) is 0 Å². The second-order valence-corrected chi connectivity index (χ2v) is 5.45. The Morgan fingerprint density at radius 2 is 1.86 bits per heavy atom. The van der Waals surface area contributed by atoms with E-state index in [1.807, 2.05) is 55.5 Å². The van der Waals surface area contributed by atoms with Gasteiger partial charge >= 0.3 is 6.03 Å². The molecule has 112 valence electrons. The quantitative estimate of drug-likeness (QED) is 0.812. The van der Waals surface area contributed by atoms with E-state index in [4.69, 9.17) is 5.73 Å². The lowest BCUT2D eigenvalue weighted by Gasteiger charge is -2.23. The van der Waals surface area contributed by atoms with Gasteiger partial charge in [0.05, 0.1) is 12.0 Å². The van der Waals surface area contributed by atoms with Crippen LogP contribution in [-0.4, -0.2) is 11.9 Å². The van der Waals surface area contributed by atoms with Gasteiger partial charge in [0.25, 0.3) is 0 Å². The van der Waals surface area contributed by atoms with Crippen LogP contribution >= 0.6 is 0 Å². The zero-order chi connectivity index (χ0) is 15.7. The summed E-state index contributed by atoms with van der Waals surface area (Å²) in [7, 11) is 0. The number of aryl methyl sites for hydroxylation is 1. The average molecular weight is 295 g/mol. The molecule has 2 aromatic carbocycles. The monoisotopic (exact) mass is 295 g/mol. The Balaban J connectivity index is 2.04. The van der Waals surface area contributed by atoms with Crippen LogP contribution in [0.5, 0.6) is 0 Å². The maximum atomic E-state index is 12.4. The third-order valence-electron chi connectivity index (χ3n) is 3.90. The van der Waals surface area contributed by atoms with Crippen molar-refractivity contribution in [3.63, 3.8) is 0 Å². The summed E-state index contributed by atoms with van der Waals surface area (Å²) in [6, 6.07) is 14.0. The van der Waals surface area contributed by atoms with Gasteiger partial charge in [-0.3, -0.25) is 4.79 Å². The molecule has 3 amide bonds. The third kappa shape index (κ3) is 2.53. The predicted octanol–water partition coefficient (Wildman–Crippen LogP) is 2.44. The van der Waals surface area contributed by atoms with Gasteiger partial charge in [0.1, 0.15) is 0 Å². The molecule has 0 spiro atoms. The molecule has 3 rings (SSSR count). The van der Waals surface area contributed by atoms with Crippen molar-refractivity contribution in [2.45, 2.75) is 18.9 Å². The highest BCUT2D eigenvalue weighted by Gasteiger charge is 2.38. The second kappa shape index (κ2) is 5.52. The van der Waals surface area contributed by atoms with E-state index in [1.54, 1.807) is 0 Å². The number of urea groups is 1. The fourth-order valence-corrected chi connectivity index (χ4v) is 2.85. The maximum Gasteiger partial charge on any atom is 0.312 e. The Kier molecular flexibility index (Phi) is 3.55. The van der Waals surface area contributed by atoms with E-state index in [1.165, 1.54) is 0 Å². The Hall–Kier alpha value is -2.82. The molecule has 4 N–H and O–H groups in total. The van der Waals surface area contributed by atoms with Gasteiger partial charge in [-0.2, -0.15) is 0 Å². The molecule has 0 saturated heterocycles. The summed E-state index contributed by atoms with van der Waals surface area (Å²) in [6.07, 6.45) is 0. The van der Waals surface area contributed by atoms with Crippen LogP contribution < -0.4 is 16.4 Å². The molecule has 0 aliphatic carbocycles. The van der Waals surface area contributed by atoms with Crippen LogP contribution in [0.1, 0.15) is 28.7 Å². The fourth-order valence-electron chi connectivity index (χ4n) is 2.85. The molecule has 2 atom stereocenters. The molecule has 2 aromatic rings. The van der Waals surface area contributed by atoms with Gasteiger partial charge in [0, 0.05) is 5.69 Å². The minimum Gasteiger partial charge on any atom is -0.352 e. The molecule has 1 aliphatic heterocycles. The standard InChI is InChI=1S/C17H17N3O2/c1-10-6-8-11(9-7-10)15(20-17(18)22)14-12-4-2-3-5-13(12)19-16(14)21/h2-9,14-15H,1H3,(H,19,21)(H3,18,20,22). The molecule has 2 unspecified atom stereocenters. The Morgan fingerprint density at radius 3 is 2.55 bits per heavy atom. The van der Waals surface area contributed by atoms with Crippen molar-refractivity contribution in [3.05, 3.63) is 65.2 Å². The third-order valence-corrected chi connectivity index (χ3v) is 3.90. The molecular formula is C17H17N3O2. The lowest BCUT2D eigenvalue weighted by Crippen LogP contribution is -2.38. The zero-order valence-electron chi connectivity index (χ0n) is 12.2. The van der Waals surface area contributed by atoms with Gasteiger partial charge in [-0.15, -0.1) is 0 Å². The van der Waals surface area contributed by atoms with Crippen molar-refractivity contribution in [3.8, 4) is 0 Å². The molecular weight excluding hydrogens is 278 g/mol. The average Bonchev–Trinajstić information content (AvgIpc) is 2.81. The zero-order valence-corrected chi connectivity index (χ0v) is 12.2.